The molecular formula is C33H35F3N6O2. The molecule has 6 heterocycles. The number of hydrogen-bond acceptors (Lipinski definition) is 8. The standard InChI is InChI=1S/C33H35F3N6O2/c1-2-23-26(35)7-4-18-10-22(43)11-24(27(18)23)29-28(36)30-25(13-37-29)31(41-15-20-5-6-21(16-41)38-20)40-32(39-30)44-17-33-8-3-9-42(33)14-19(34)12-33/h4,7,10-11,13,19-21,38,43H,2-3,5-6,8-9,12,14-17H2,1H3/t19-,20-,21+,33+/m1/s1/i19D. The second-order valence-electron chi connectivity index (χ2n) is 12.8. The van der Waals surface area contributed by atoms with Crippen LogP contribution >= 0.6 is 0 Å². The fraction of sp³-hybridized carbons (Fsp3) is 0.485. The lowest BCUT2D eigenvalue weighted by atomic mass is 9.94. The van der Waals surface area contributed by atoms with E-state index in [1.54, 1.807) is 12.3 Å². The molecule has 4 atom stereocenters. The van der Waals surface area contributed by atoms with Crippen LogP contribution in [0.3, 0.4) is 0 Å². The number of phenolic OH excluding ortho intramolecular Hbond substituents is 1. The molecule has 2 bridgehead atoms. The van der Waals surface area contributed by atoms with Crippen molar-refractivity contribution in [1.29, 1.82) is 0 Å². The summed E-state index contributed by atoms with van der Waals surface area (Å²) >= 11 is 0. The summed E-state index contributed by atoms with van der Waals surface area (Å²) in [6, 6.07) is 6.40. The van der Waals surface area contributed by atoms with Gasteiger partial charge in [0.1, 0.15) is 41.3 Å². The van der Waals surface area contributed by atoms with Crippen LogP contribution in [0.4, 0.5) is 19.0 Å². The lowest BCUT2D eigenvalue weighted by molar-refractivity contribution is 0.107. The van der Waals surface area contributed by atoms with Crippen LogP contribution in [-0.4, -0.2) is 81.5 Å². The highest BCUT2D eigenvalue weighted by Crippen LogP contribution is 2.42. The van der Waals surface area contributed by atoms with E-state index in [2.05, 4.69) is 20.2 Å². The van der Waals surface area contributed by atoms with Crippen molar-refractivity contribution in [3.63, 3.8) is 0 Å². The fourth-order valence-corrected chi connectivity index (χ4v) is 7.99. The summed E-state index contributed by atoms with van der Waals surface area (Å²) in [5.41, 5.74) is -0.0176. The van der Waals surface area contributed by atoms with Crippen LogP contribution in [0.5, 0.6) is 11.8 Å². The number of alkyl halides is 1. The number of aromatic hydroxyl groups is 1. The molecule has 2 aromatic carbocycles. The summed E-state index contributed by atoms with van der Waals surface area (Å²) in [6.07, 6.45) is 3.56. The van der Waals surface area contributed by atoms with E-state index in [4.69, 9.17) is 11.1 Å². The van der Waals surface area contributed by atoms with Gasteiger partial charge in [-0.15, -0.1) is 0 Å². The zero-order valence-corrected chi connectivity index (χ0v) is 24.5. The smallest absolute Gasteiger partial charge is 0.319 e. The van der Waals surface area contributed by atoms with Gasteiger partial charge in [-0.2, -0.15) is 9.97 Å². The van der Waals surface area contributed by atoms with Crippen molar-refractivity contribution in [2.75, 3.05) is 37.7 Å². The predicted molar refractivity (Wildman–Crippen MR) is 162 cm³/mol. The monoisotopic (exact) mass is 605 g/mol. The molecule has 230 valence electrons. The normalized spacial score (nSPS) is 28.6. The molecule has 2 aromatic heterocycles. The van der Waals surface area contributed by atoms with E-state index in [0.717, 1.165) is 19.3 Å². The number of hydrogen-bond donors (Lipinski definition) is 2. The predicted octanol–water partition coefficient (Wildman–Crippen LogP) is 5.29. The van der Waals surface area contributed by atoms with Crippen molar-refractivity contribution in [2.45, 2.75) is 69.2 Å². The van der Waals surface area contributed by atoms with Crippen molar-refractivity contribution in [2.24, 2.45) is 0 Å². The van der Waals surface area contributed by atoms with Crippen molar-refractivity contribution in [1.82, 2.24) is 25.2 Å². The number of fused-ring (bicyclic) bond motifs is 5. The minimum Gasteiger partial charge on any atom is -0.508 e. The third-order valence-corrected chi connectivity index (χ3v) is 10.0. The van der Waals surface area contributed by atoms with Crippen LogP contribution in [0.2, 0.25) is 0 Å². The first-order chi connectivity index (χ1) is 21.6. The van der Waals surface area contributed by atoms with Crippen LogP contribution < -0.4 is 15.0 Å². The highest BCUT2D eigenvalue weighted by molar-refractivity contribution is 6.01. The number of benzene rings is 2. The maximum Gasteiger partial charge on any atom is 0.319 e. The number of aromatic nitrogens is 3. The summed E-state index contributed by atoms with van der Waals surface area (Å²) in [5, 5.41) is 15.6. The molecule has 44 heavy (non-hydrogen) atoms. The molecule has 8 rings (SSSR count). The molecule has 4 aromatic rings. The SMILES string of the molecule is [2H][C@]1(F)CN2CCC[C@@]2(COc2nc(N3C[C@H]4CC[C@@H](C3)N4)c3cnc(-c4cc(O)cc5ccc(F)c(CC)c45)c(F)c3n2)C1. The zero-order valence-electron chi connectivity index (χ0n) is 25.5. The van der Waals surface area contributed by atoms with Crippen LogP contribution in [-0.2, 0) is 6.42 Å². The van der Waals surface area contributed by atoms with Gasteiger partial charge in [-0.25, -0.2) is 13.2 Å². The van der Waals surface area contributed by atoms with E-state index in [9.17, 15) is 13.9 Å². The molecule has 0 radical (unpaired) electrons. The highest BCUT2D eigenvalue weighted by atomic mass is 19.1. The van der Waals surface area contributed by atoms with Gasteiger partial charge in [-0.3, -0.25) is 9.88 Å². The first-order valence-electron chi connectivity index (χ1n) is 16.0. The first-order valence-corrected chi connectivity index (χ1v) is 15.5. The van der Waals surface area contributed by atoms with Gasteiger partial charge in [-0.05, 0) is 73.2 Å². The zero-order chi connectivity index (χ0) is 31.1. The van der Waals surface area contributed by atoms with Gasteiger partial charge in [0.05, 0.1) is 12.3 Å². The Labute approximate surface area is 254 Å². The number of rotatable bonds is 6. The molecule has 4 aliphatic heterocycles. The molecular weight excluding hydrogens is 569 g/mol. The van der Waals surface area contributed by atoms with Crippen molar-refractivity contribution in [3.8, 4) is 23.0 Å². The highest BCUT2D eigenvalue weighted by Gasteiger charge is 2.49. The lowest BCUT2D eigenvalue weighted by Gasteiger charge is -2.34. The number of ether oxygens (including phenoxy) is 1. The summed E-state index contributed by atoms with van der Waals surface area (Å²) in [5.74, 6) is -0.719. The average Bonchev–Trinajstić information content (AvgIpc) is 3.63. The molecule has 11 heteroatoms. The number of pyridine rings is 1. The topological polar surface area (TPSA) is 86.6 Å². The van der Waals surface area contributed by atoms with Crippen LogP contribution in [0.15, 0.2) is 30.5 Å². The molecule has 0 amide bonds. The van der Waals surface area contributed by atoms with Crippen LogP contribution in [0.25, 0.3) is 32.9 Å². The summed E-state index contributed by atoms with van der Waals surface area (Å²) < 4.78 is 60.8. The first kappa shape index (κ1) is 26.7. The number of nitrogens with zero attached hydrogens (tertiary/aromatic N) is 5. The van der Waals surface area contributed by atoms with Gasteiger partial charge in [0.2, 0.25) is 0 Å². The summed E-state index contributed by atoms with van der Waals surface area (Å²) in [7, 11) is 0. The molecule has 4 aliphatic rings. The summed E-state index contributed by atoms with van der Waals surface area (Å²) in [6.45, 7) is 4.01. The number of phenols is 1. The van der Waals surface area contributed by atoms with E-state index in [-0.39, 0.29) is 60.2 Å². The minimum atomic E-state index is -2.05. The Hall–Kier alpha value is -3.70. The maximum absolute atomic E-state index is 16.8. The molecule has 4 saturated heterocycles. The molecule has 2 N–H and O–H groups in total. The number of anilines is 1. The second-order valence-corrected chi connectivity index (χ2v) is 12.8. The van der Waals surface area contributed by atoms with Crippen molar-refractivity contribution >= 4 is 27.5 Å². The Bertz CT molecular complexity index is 1830. The fourth-order valence-electron chi connectivity index (χ4n) is 7.99. The number of piperazine rings is 1. The maximum atomic E-state index is 16.8. The minimum absolute atomic E-state index is 0.00403. The van der Waals surface area contributed by atoms with Gasteiger partial charge >= 0.3 is 6.01 Å². The van der Waals surface area contributed by atoms with E-state index in [0.29, 0.717) is 60.0 Å². The van der Waals surface area contributed by atoms with Crippen LogP contribution in [0.1, 0.15) is 46.0 Å². The Kier molecular flexibility index (Phi) is 6.33. The Morgan fingerprint density at radius 1 is 1.16 bits per heavy atom. The van der Waals surface area contributed by atoms with E-state index in [1.807, 2.05) is 11.8 Å². The molecule has 4 fully saturated rings. The van der Waals surface area contributed by atoms with Gasteiger partial charge in [0.15, 0.2) is 5.82 Å². The van der Waals surface area contributed by atoms with Gasteiger partial charge < -0.3 is 20.1 Å². The van der Waals surface area contributed by atoms with E-state index >= 15 is 4.39 Å². The molecule has 0 spiro atoms. The van der Waals surface area contributed by atoms with Gasteiger partial charge in [0.25, 0.3) is 0 Å². The third kappa shape index (κ3) is 4.46. The summed E-state index contributed by atoms with van der Waals surface area (Å²) in [4.78, 5) is 18.0. The second kappa shape index (κ2) is 10.4. The van der Waals surface area contributed by atoms with E-state index < -0.39 is 23.3 Å². The number of nitrogens with one attached hydrogen (secondary N) is 1. The molecule has 0 aliphatic carbocycles. The molecule has 0 saturated carbocycles. The van der Waals surface area contributed by atoms with Crippen LogP contribution in [0, 0.1) is 11.6 Å². The Balaban J connectivity index is 1.27. The van der Waals surface area contributed by atoms with Crippen molar-refractivity contribution < 1.29 is 24.4 Å². The molecule has 8 nitrogen and oxygen atoms in total. The number of halogens is 3. The van der Waals surface area contributed by atoms with Gasteiger partial charge in [-0.1, -0.05) is 13.0 Å². The third-order valence-electron chi connectivity index (χ3n) is 10.0. The van der Waals surface area contributed by atoms with Crippen molar-refractivity contribution in [3.05, 3.63) is 47.7 Å². The quantitative estimate of drug-likeness (QED) is 0.307. The van der Waals surface area contributed by atoms with E-state index in [1.165, 1.54) is 18.2 Å². The van der Waals surface area contributed by atoms with Gasteiger partial charge in [0, 0.05) is 49.9 Å². The number of aryl methyl sites for hydroxylation is 1. The Morgan fingerprint density at radius 3 is 2.77 bits per heavy atom. The Morgan fingerprint density at radius 2 is 1.98 bits per heavy atom. The molecule has 0 unspecified atom stereocenters. The lowest BCUT2D eigenvalue weighted by Crippen LogP contribution is -2.51. The largest absolute Gasteiger partial charge is 0.508 e. The average molecular weight is 606 g/mol.